The van der Waals surface area contributed by atoms with Gasteiger partial charge >= 0.3 is 0 Å². The molecule has 0 saturated heterocycles. The van der Waals surface area contributed by atoms with Crippen molar-refractivity contribution in [3.8, 4) is 11.1 Å². The van der Waals surface area contributed by atoms with Gasteiger partial charge in [0.1, 0.15) is 0 Å². The molecule has 0 aromatic heterocycles. The molecule has 0 spiro atoms. The molecule has 0 fully saturated rings. The zero-order chi connectivity index (χ0) is 25.8. The average molecular weight is 557 g/mol. The minimum Gasteiger partial charge on any atom is -0.128 e. The Morgan fingerprint density at radius 1 is 0.553 bits per heavy atom. The highest BCUT2D eigenvalue weighted by molar-refractivity contribution is 9.08. The van der Waals surface area contributed by atoms with Crippen LogP contribution in [-0.4, -0.2) is 0 Å². The first-order valence-corrected chi connectivity index (χ1v) is 13.7. The van der Waals surface area contributed by atoms with Crippen molar-refractivity contribution in [1.82, 2.24) is 0 Å². The standard InChI is InChI=1S/C33H25BrN4/c34-24-25-21-22-30(26-13-5-1-6-14-26)31(23-25)33(35-37-38-36-33)32(27-15-7-2-8-16-27,28-17-9-3-10-18-28)29-19-11-4-12-20-29/h1-23H,24H2. The Morgan fingerprint density at radius 2 is 1.00 bits per heavy atom. The third kappa shape index (κ3) is 3.82. The highest BCUT2D eigenvalue weighted by atomic mass is 79.9. The monoisotopic (exact) mass is 556 g/mol. The lowest BCUT2D eigenvalue weighted by atomic mass is 9.59. The van der Waals surface area contributed by atoms with E-state index in [4.69, 9.17) is 10.2 Å². The van der Waals surface area contributed by atoms with E-state index in [1.54, 1.807) is 0 Å². The Labute approximate surface area is 230 Å². The van der Waals surface area contributed by atoms with Crippen molar-refractivity contribution in [2.75, 3.05) is 0 Å². The molecule has 184 valence electrons. The Hall–Kier alpha value is -4.22. The van der Waals surface area contributed by atoms with Crippen molar-refractivity contribution in [3.05, 3.63) is 167 Å². The molecule has 1 aliphatic heterocycles. The molecule has 0 saturated carbocycles. The number of hydrogen-bond acceptors (Lipinski definition) is 4. The van der Waals surface area contributed by atoms with Gasteiger partial charge in [-0.3, -0.25) is 0 Å². The normalized spacial score (nSPS) is 14.0. The summed E-state index contributed by atoms with van der Waals surface area (Å²) in [6, 6.07) is 48.4. The molecule has 0 radical (unpaired) electrons. The predicted octanol–water partition coefficient (Wildman–Crippen LogP) is 9.27. The second kappa shape index (κ2) is 10.3. The first-order chi connectivity index (χ1) is 18.8. The number of hydrogen-bond donors (Lipinski definition) is 0. The molecule has 0 aliphatic carbocycles. The Balaban J connectivity index is 1.80. The first-order valence-electron chi connectivity index (χ1n) is 12.5. The highest BCUT2D eigenvalue weighted by Crippen LogP contribution is 2.58. The van der Waals surface area contributed by atoms with E-state index in [1.165, 1.54) is 0 Å². The van der Waals surface area contributed by atoms with Crippen molar-refractivity contribution in [2.45, 2.75) is 16.4 Å². The zero-order valence-corrected chi connectivity index (χ0v) is 22.2. The average Bonchev–Trinajstić information content (AvgIpc) is 3.51. The lowest BCUT2D eigenvalue weighted by Crippen LogP contribution is -2.48. The van der Waals surface area contributed by atoms with Gasteiger partial charge < -0.3 is 0 Å². The fourth-order valence-electron chi connectivity index (χ4n) is 5.65. The van der Waals surface area contributed by atoms with Gasteiger partial charge in [0.25, 0.3) is 0 Å². The van der Waals surface area contributed by atoms with Crippen LogP contribution in [0.15, 0.2) is 160 Å². The smallest absolute Gasteiger partial charge is 0.128 e. The molecule has 1 aliphatic rings. The summed E-state index contributed by atoms with van der Waals surface area (Å²) in [5.41, 5.74) is 5.29. The first kappa shape index (κ1) is 24.1. The number of alkyl halides is 1. The van der Waals surface area contributed by atoms with Crippen LogP contribution in [0.4, 0.5) is 0 Å². The second-order valence-electron chi connectivity index (χ2n) is 9.28. The van der Waals surface area contributed by atoms with Crippen LogP contribution in [0, 0.1) is 0 Å². The number of rotatable bonds is 7. The van der Waals surface area contributed by atoms with Gasteiger partial charge in [0.2, 0.25) is 5.66 Å². The van der Waals surface area contributed by atoms with Gasteiger partial charge in [-0.15, -0.1) is 10.2 Å². The number of benzene rings is 5. The number of nitrogens with zero attached hydrogens (tertiary/aromatic N) is 4. The van der Waals surface area contributed by atoms with Gasteiger partial charge in [-0.1, -0.05) is 149 Å². The van der Waals surface area contributed by atoms with E-state index < -0.39 is 11.1 Å². The molecular formula is C33H25BrN4. The van der Waals surface area contributed by atoms with E-state index in [9.17, 15) is 0 Å². The SMILES string of the molecule is BrCc1ccc(-c2ccccc2)c(C2(C(c3ccccc3)(c3ccccc3)c3ccccc3)N=NN=N2)c1. The third-order valence-corrected chi connectivity index (χ3v) is 7.91. The molecule has 0 amide bonds. The van der Waals surface area contributed by atoms with Crippen LogP contribution in [0.1, 0.15) is 27.8 Å². The Kier molecular flexibility index (Phi) is 6.52. The van der Waals surface area contributed by atoms with E-state index in [2.05, 4.69) is 142 Å². The summed E-state index contributed by atoms with van der Waals surface area (Å²) in [5, 5.41) is 19.1. The van der Waals surface area contributed by atoms with E-state index >= 15 is 0 Å². The lowest BCUT2D eigenvalue weighted by Gasteiger charge is -2.45. The summed E-state index contributed by atoms with van der Waals surface area (Å²) in [5.74, 6) is 0. The molecule has 0 atom stereocenters. The van der Waals surface area contributed by atoms with Gasteiger partial charge in [-0.25, -0.2) is 0 Å². The molecule has 0 N–H and O–H groups in total. The highest BCUT2D eigenvalue weighted by Gasteiger charge is 2.60. The molecule has 0 unspecified atom stereocenters. The summed E-state index contributed by atoms with van der Waals surface area (Å²) in [6.45, 7) is 0. The third-order valence-electron chi connectivity index (χ3n) is 7.26. The van der Waals surface area contributed by atoms with Gasteiger partial charge in [0, 0.05) is 10.9 Å². The quantitative estimate of drug-likeness (QED) is 0.141. The molecule has 5 aromatic rings. The molecule has 1 heterocycles. The molecule has 6 rings (SSSR count). The largest absolute Gasteiger partial charge is 0.238 e. The summed E-state index contributed by atoms with van der Waals surface area (Å²) < 4.78 is 0. The second-order valence-corrected chi connectivity index (χ2v) is 9.84. The van der Waals surface area contributed by atoms with Crippen LogP contribution in [-0.2, 0) is 16.4 Å². The van der Waals surface area contributed by atoms with Gasteiger partial charge in [-0.05, 0) is 49.9 Å². The molecule has 0 bridgehead atoms. The molecule has 4 nitrogen and oxygen atoms in total. The maximum absolute atomic E-state index is 4.98. The minimum absolute atomic E-state index is 0.703. The topological polar surface area (TPSA) is 49.4 Å². The fraction of sp³-hybridized carbons (Fsp3) is 0.0909. The van der Waals surface area contributed by atoms with Gasteiger partial charge in [0.05, 0.1) is 5.41 Å². The maximum atomic E-state index is 4.98. The number of halogens is 1. The van der Waals surface area contributed by atoms with Crippen LogP contribution < -0.4 is 0 Å². The van der Waals surface area contributed by atoms with E-state index in [-0.39, 0.29) is 0 Å². The fourth-order valence-corrected chi connectivity index (χ4v) is 6.00. The van der Waals surface area contributed by atoms with Crippen molar-refractivity contribution in [2.24, 2.45) is 20.7 Å². The molecule has 5 aromatic carbocycles. The van der Waals surface area contributed by atoms with Crippen LogP contribution in [0.5, 0.6) is 0 Å². The van der Waals surface area contributed by atoms with Crippen LogP contribution >= 0.6 is 15.9 Å². The van der Waals surface area contributed by atoms with E-state index in [0.717, 1.165) is 38.9 Å². The van der Waals surface area contributed by atoms with E-state index in [1.807, 2.05) is 24.3 Å². The summed E-state index contributed by atoms with van der Waals surface area (Å²) in [7, 11) is 0. The lowest BCUT2D eigenvalue weighted by molar-refractivity contribution is 0.318. The molecule has 5 heteroatoms. The zero-order valence-electron chi connectivity index (χ0n) is 20.7. The van der Waals surface area contributed by atoms with Crippen LogP contribution in [0.2, 0.25) is 0 Å². The maximum Gasteiger partial charge on any atom is 0.238 e. The van der Waals surface area contributed by atoms with Gasteiger partial charge in [0.15, 0.2) is 0 Å². The van der Waals surface area contributed by atoms with Crippen molar-refractivity contribution < 1.29 is 0 Å². The summed E-state index contributed by atoms with van der Waals surface area (Å²) >= 11 is 3.68. The van der Waals surface area contributed by atoms with E-state index in [0.29, 0.717) is 5.33 Å². The van der Waals surface area contributed by atoms with Gasteiger partial charge in [-0.2, -0.15) is 0 Å². The summed E-state index contributed by atoms with van der Waals surface area (Å²) in [4.78, 5) is 0. The van der Waals surface area contributed by atoms with Crippen LogP contribution in [0.3, 0.4) is 0 Å². The molecular weight excluding hydrogens is 532 g/mol. The molecule has 38 heavy (non-hydrogen) atoms. The summed E-state index contributed by atoms with van der Waals surface area (Å²) in [6.07, 6.45) is 0. The Bertz CT molecular complexity index is 1480. The van der Waals surface area contributed by atoms with Crippen molar-refractivity contribution >= 4 is 15.9 Å². The van der Waals surface area contributed by atoms with Crippen molar-refractivity contribution in [3.63, 3.8) is 0 Å². The van der Waals surface area contributed by atoms with Crippen LogP contribution in [0.25, 0.3) is 11.1 Å². The minimum atomic E-state index is -1.21. The van der Waals surface area contributed by atoms with Crippen molar-refractivity contribution in [1.29, 1.82) is 0 Å². The Morgan fingerprint density at radius 3 is 1.45 bits per heavy atom. The predicted molar refractivity (Wildman–Crippen MR) is 155 cm³/mol.